The van der Waals surface area contributed by atoms with Gasteiger partial charge in [-0.3, -0.25) is 0 Å². The van der Waals surface area contributed by atoms with E-state index >= 15 is 0 Å². The molecule has 2 aromatic rings. The maximum Gasteiger partial charge on any atom is 0.133 e. The van der Waals surface area contributed by atoms with Crippen LogP contribution in [0.1, 0.15) is 0 Å². The molecule has 0 aliphatic carbocycles. The van der Waals surface area contributed by atoms with Gasteiger partial charge in [0.05, 0.1) is 12.8 Å². The fraction of sp³-hybridized carbons (Fsp3) is 0.0909. The van der Waals surface area contributed by atoms with Gasteiger partial charge in [-0.2, -0.15) is 0 Å². The zero-order chi connectivity index (χ0) is 11.5. The number of aromatic nitrogens is 2. The Hall–Kier alpha value is -0.880. The molecular weight excluding hydrogens is 338 g/mol. The molecule has 2 rings (SSSR count). The molecule has 0 aliphatic rings. The third-order valence-electron chi connectivity index (χ3n) is 2.07. The van der Waals surface area contributed by atoms with Gasteiger partial charge in [0.15, 0.2) is 0 Å². The lowest BCUT2D eigenvalue weighted by molar-refractivity contribution is 0.416. The minimum atomic E-state index is 0.422. The summed E-state index contributed by atoms with van der Waals surface area (Å²) in [6.07, 6.45) is 1.44. The smallest absolute Gasteiger partial charge is 0.133 e. The fourth-order valence-electron chi connectivity index (χ4n) is 1.36. The molecule has 1 aromatic carbocycles. The summed E-state index contributed by atoms with van der Waals surface area (Å²) in [6, 6.07) is 7.60. The topological polar surface area (TPSA) is 35.0 Å². The highest BCUT2D eigenvalue weighted by Gasteiger charge is 2.08. The summed E-state index contributed by atoms with van der Waals surface area (Å²) in [4.78, 5) is 8.04. The number of nitrogens with zero attached hydrogens (tertiary/aromatic N) is 2. The van der Waals surface area contributed by atoms with Crippen LogP contribution in [0.3, 0.4) is 0 Å². The quantitative estimate of drug-likeness (QED) is 0.617. The molecule has 0 saturated heterocycles. The average Bonchev–Trinajstić information content (AvgIpc) is 2.29. The van der Waals surface area contributed by atoms with Crippen LogP contribution in [0.15, 0.2) is 30.6 Å². The van der Waals surface area contributed by atoms with E-state index in [0.29, 0.717) is 5.15 Å². The number of hydrogen-bond acceptors (Lipinski definition) is 3. The van der Waals surface area contributed by atoms with E-state index in [-0.39, 0.29) is 0 Å². The molecule has 16 heavy (non-hydrogen) atoms. The van der Waals surface area contributed by atoms with Crippen molar-refractivity contribution in [3.63, 3.8) is 0 Å². The Morgan fingerprint density at radius 1 is 1.25 bits per heavy atom. The standard InChI is InChI=1S/C11H8ClIN2O/c1-16-10-3-2-7(13)4-8(10)9-5-11(12)15-6-14-9/h2-6H,1H3. The van der Waals surface area contributed by atoms with E-state index in [9.17, 15) is 0 Å². The molecule has 0 atom stereocenters. The lowest BCUT2D eigenvalue weighted by Gasteiger charge is -2.08. The van der Waals surface area contributed by atoms with Crippen LogP contribution in [0, 0.1) is 3.57 Å². The van der Waals surface area contributed by atoms with Crippen molar-refractivity contribution in [3.05, 3.63) is 39.3 Å². The SMILES string of the molecule is COc1ccc(I)cc1-c1cc(Cl)ncn1. The minimum Gasteiger partial charge on any atom is -0.496 e. The first-order chi connectivity index (χ1) is 7.70. The molecule has 0 amide bonds. The molecule has 0 saturated carbocycles. The maximum atomic E-state index is 5.84. The first-order valence-corrected chi connectivity index (χ1v) is 5.98. The highest BCUT2D eigenvalue weighted by molar-refractivity contribution is 14.1. The van der Waals surface area contributed by atoms with Gasteiger partial charge in [-0.25, -0.2) is 9.97 Å². The molecule has 1 aromatic heterocycles. The monoisotopic (exact) mass is 346 g/mol. The van der Waals surface area contributed by atoms with E-state index in [1.165, 1.54) is 6.33 Å². The lowest BCUT2D eigenvalue weighted by atomic mass is 10.1. The molecule has 3 nitrogen and oxygen atoms in total. The number of halogens is 2. The molecule has 82 valence electrons. The van der Waals surface area contributed by atoms with Gasteiger partial charge < -0.3 is 4.74 Å². The first-order valence-electron chi connectivity index (χ1n) is 4.52. The molecule has 0 bridgehead atoms. The van der Waals surface area contributed by atoms with Crippen LogP contribution in [0.25, 0.3) is 11.3 Å². The van der Waals surface area contributed by atoms with Crippen LogP contribution in [-0.4, -0.2) is 17.1 Å². The van der Waals surface area contributed by atoms with Crippen molar-refractivity contribution < 1.29 is 4.74 Å². The van der Waals surface area contributed by atoms with E-state index in [0.717, 1.165) is 20.6 Å². The van der Waals surface area contributed by atoms with Gasteiger partial charge in [0.25, 0.3) is 0 Å². The lowest BCUT2D eigenvalue weighted by Crippen LogP contribution is -1.91. The molecule has 0 N–H and O–H groups in total. The van der Waals surface area contributed by atoms with Gasteiger partial charge in [0, 0.05) is 15.2 Å². The number of hydrogen-bond donors (Lipinski definition) is 0. The Bertz CT molecular complexity index is 519. The summed E-state index contributed by atoms with van der Waals surface area (Å²) in [5, 5.41) is 0.422. The third kappa shape index (κ3) is 2.44. The second-order valence-corrected chi connectivity index (χ2v) is 4.70. The van der Waals surface area contributed by atoms with Crippen molar-refractivity contribution in [1.29, 1.82) is 0 Å². The van der Waals surface area contributed by atoms with Crippen LogP contribution in [0.2, 0.25) is 5.15 Å². The normalized spacial score (nSPS) is 10.2. The maximum absolute atomic E-state index is 5.84. The van der Waals surface area contributed by atoms with Crippen molar-refractivity contribution >= 4 is 34.2 Å². The largest absolute Gasteiger partial charge is 0.496 e. The Morgan fingerprint density at radius 3 is 2.75 bits per heavy atom. The van der Waals surface area contributed by atoms with E-state index in [1.807, 2.05) is 18.2 Å². The van der Waals surface area contributed by atoms with E-state index in [2.05, 4.69) is 32.6 Å². The van der Waals surface area contributed by atoms with Crippen molar-refractivity contribution in [1.82, 2.24) is 9.97 Å². The van der Waals surface area contributed by atoms with E-state index in [4.69, 9.17) is 16.3 Å². The van der Waals surface area contributed by atoms with Gasteiger partial charge in [-0.1, -0.05) is 11.6 Å². The predicted molar refractivity (Wildman–Crippen MR) is 71.7 cm³/mol. The Kier molecular flexibility index (Phi) is 3.60. The average molecular weight is 347 g/mol. The van der Waals surface area contributed by atoms with Crippen LogP contribution in [0.5, 0.6) is 5.75 Å². The van der Waals surface area contributed by atoms with Gasteiger partial charge in [-0.15, -0.1) is 0 Å². The summed E-state index contributed by atoms with van der Waals surface area (Å²) in [6.45, 7) is 0. The minimum absolute atomic E-state index is 0.422. The second kappa shape index (κ2) is 4.97. The van der Waals surface area contributed by atoms with Gasteiger partial charge in [0.1, 0.15) is 17.2 Å². The van der Waals surface area contributed by atoms with Crippen molar-refractivity contribution in [3.8, 4) is 17.0 Å². The summed E-state index contributed by atoms with van der Waals surface area (Å²) in [7, 11) is 1.63. The number of ether oxygens (including phenoxy) is 1. The van der Waals surface area contributed by atoms with E-state index in [1.54, 1.807) is 13.2 Å². The molecule has 0 radical (unpaired) electrons. The Balaban J connectivity index is 2.58. The number of benzene rings is 1. The number of rotatable bonds is 2. The summed E-state index contributed by atoms with van der Waals surface area (Å²) < 4.78 is 6.40. The Labute approximate surface area is 112 Å². The molecule has 0 spiro atoms. The first kappa shape index (κ1) is 11.6. The molecular formula is C11H8ClIN2O. The molecule has 0 aliphatic heterocycles. The zero-order valence-electron chi connectivity index (χ0n) is 8.45. The summed E-state index contributed by atoms with van der Waals surface area (Å²) in [5.74, 6) is 0.773. The fourth-order valence-corrected chi connectivity index (χ4v) is 2.00. The van der Waals surface area contributed by atoms with Crippen LogP contribution in [-0.2, 0) is 0 Å². The van der Waals surface area contributed by atoms with Crippen LogP contribution >= 0.6 is 34.2 Å². The third-order valence-corrected chi connectivity index (χ3v) is 2.95. The number of methoxy groups -OCH3 is 1. The molecule has 1 heterocycles. The van der Waals surface area contributed by atoms with Crippen molar-refractivity contribution in [2.24, 2.45) is 0 Å². The van der Waals surface area contributed by atoms with E-state index < -0.39 is 0 Å². The molecule has 5 heteroatoms. The molecule has 0 unspecified atom stereocenters. The van der Waals surface area contributed by atoms with Gasteiger partial charge >= 0.3 is 0 Å². The molecule has 0 fully saturated rings. The highest BCUT2D eigenvalue weighted by Crippen LogP contribution is 2.30. The van der Waals surface area contributed by atoms with Crippen LogP contribution < -0.4 is 4.74 Å². The zero-order valence-corrected chi connectivity index (χ0v) is 11.4. The van der Waals surface area contributed by atoms with Gasteiger partial charge in [-0.05, 0) is 40.8 Å². The predicted octanol–water partition coefficient (Wildman–Crippen LogP) is 3.41. The second-order valence-electron chi connectivity index (χ2n) is 3.07. The van der Waals surface area contributed by atoms with Gasteiger partial charge in [0.2, 0.25) is 0 Å². The summed E-state index contributed by atoms with van der Waals surface area (Å²) in [5.41, 5.74) is 1.68. The van der Waals surface area contributed by atoms with Crippen molar-refractivity contribution in [2.45, 2.75) is 0 Å². The highest BCUT2D eigenvalue weighted by atomic mass is 127. The van der Waals surface area contributed by atoms with Crippen molar-refractivity contribution in [2.75, 3.05) is 7.11 Å². The summed E-state index contributed by atoms with van der Waals surface area (Å²) >= 11 is 8.08. The Morgan fingerprint density at radius 2 is 2.06 bits per heavy atom. The van der Waals surface area contributed by atoms with Crippen LogP contribution in [0.4, 0.5) is 0 Å².